The molecule has 1 heterocycles. The number of hydrogen-bond donors (Lipinski definition) is 1. The van der Waals surface area contributed by atoms with Crippen LogP contribution in [0.3, 0.4) is 0 Å². The Morgan fingerprint density at radius 3 is 2.32 bits per heavy atom. The van der Waals surface area contributed by atoms with E-state index in [4.69, 9.17) is 0 Å². The van der Waals surface area contributed by atoms with Crippen LogP contribution in [0.2, 0.25) is 0 Å². The fourth-order valence-corrected chi connectivity index (χ4v) is 2.66. The first-order valence-electron chi connectivity index (χ1n) is 7.79. The molecule has 1 rings (SSSR count). The smallest absolute Gasteiger partial charge is 0.0423 e. The summed E-state index contributed by atoms with van der Waals surface area (Å²) in [4.78, 5) is 4.62. The second-order valence-corrected chi connectivity index (χ2v) is 5.55. The first-order chi connectivity index (χ1) is 9.12. The Morgan fingerprint density at radius 1 is 1.11 bits per heavy atom. The van der Waals surface area contributed by atoms with E-state index in [1.54, 1.807) is 0 Å². The summed E-state index contributed by atoms with van der Waals surface area (Å²) in [5.41, 5.74) is 3.67. The average Bonchev–Trinajstić information content (AvgIpc) is 2.40. The van der Waals surface area contributed by atoms with E-state index in [1.807, 2.05) is 0 Å². The maximum atomic E-state index is 4.62. The van der Waals surface area contributed by atoms with Gasteiger partial charge < -0.3 is 5.32 Å². The van der Waals surface area contributed by atoms with E-state index >= 15 is 0 Å². The third kappa shape index (κ3) is 4.94. The molecule has 0 spiro atoms. The highest BCUT2D eigenvalue weighted by atomic mass is 14.9. The van der Waals surface area contributed by atoms with E-state index in [0.29, 0.717) is 6.04 Å². The molecule has 0 aliphatic rings. The van der Waals surface area contributed by atoms with E-state index in [-0.39, 0.29) is 0 Å². The van der Waals surface area contributed by atoms with Crippen LogP contribution in [0.25, 0.3) is 0 Å². The standard InChI is InChI=1S/C17H30N2/c1-6-11-18-17(12-15(7-2)8-3)16-10-9-13(4)19-14(16)5/h9-10,15,17-18H,6-8,11-12H2,1-5H3. The van der Waals surface area contributed by atoms with Crippen molar-refractivity contribution in [2.45, 2.75) is 66.3 Å². The van der Waals surface area contributed by atoms with Gasteiger partial charge in [0.2, 0.25) is 0 Å². The van der Waals surface area contributed by atoms with Crippen LogP contribution in [-0.4, -0.2) is 11.5 Å². The van der Waals surface area contributed by atoms with Crippen molar-refractivity contribution in [2.75, 3.05) is 6.54 Å². The highest BCUT2D eigenvalue weighted by Gasteiger charge is 2.17. The number of hydrogen-bond acceptors (Lipinski definition) is 2. The summed E-state index contributed by atoms with van der Waals surface area (Å²) in [6.45, 7) is 12.1. The van der Waals surface area contributed by atoms with Crippen LogP contribution in [0, 0.1) is 19.8 Å². The predicted octanol–water partition coefficient (Wildman–Crippen LogP) is 4.57. The summed E-state index contributed by atoms with van der Waals surface area (Å²) in [5.74, 6) is 0.801. The number of aryl methyl sites for hydroxylation is 2. The van der Waals surface area contributed by atoms with Crippen LogP contribution < -0.4 is 5.32 Å². The van der Waals surface area contributed by atoms with E-state index in [2.05, 4.69) is 57.1 Å². The maximum Gasteiger partial charge on any atom is 0.0423 e. The minimum absolute atomic E-state index is 0.456. The monoisotopic (exact) mass is 262 g/mol. The molecule has 0 aromatic carbocycles. The van der Waals surface area contributed by atoms with E-state index in [1.165, 1.54) is 36.9 Å². The van der Waals surface area contributed by atoms with Crippen molar-refractivity contribution in [3.8, 4) is 0 Å². The third-order valence-corrected chi connectivity index (χ3v) is 4.01. The first kappa shape index (κ1) is 16.2. The largest absolute Gasteiger partial charge is 0.310 e. The summed E-state index contributed by atoms with van der Waals surface area (Å²) in [6.07, 6.45) is 4.93. The number of nitrogens with zero attached hydrogens (tertiary/aromatic N) is 1. The summed E-state index contributed by atoms with van der Waals surface area (Å²) in [7, 11) is 0. The maximum absolute atomic E-state index is 4.62. The van der Waals surface area contributed by atoms with Gasteiger partial charge in [0.15, 0.2) is 0 Å². The predicted molar refractivity (Wildman–Crippen MR) is 83.4 cm³/mol. The summed E-state index contributed by atoms with van der Waals surface area (Å²) in [5, 5.41) is 3.71. The summed E-state index contributed by atoms with van der Waals surface area (Å²) in [6, 6.07) is 4.85. The molecule has 1 N–H and O–H groups in total. The number of pyridine rings is 1. The van der Waals surface area contributed by atoms with Crippen LogP contribution >= 0.6 is 0 Å². The molecule has 0 amide bonds. The van der Waals surface area contributed by atoms with Gasteiger partial charge in [-0.3, -0.25) is 4.98 Å². The Balaban J connectivity index is 2.88. The van der Waals surface area contributed by atoms with Gasteiger partial charge in [-0.1, -0.05) is 39.7 Å². The lowest BCUT2D eigenvalue weighted by Crippen LogP contribution is -2.25. The van der Waals surface area contributed by atoms with Crippen molar-refractivity contribution in [1.82, 2.24) is 10.3 Å². The van der Waals surface area contributed by atoms with Crippen molar-refractivity contribution < 1.29 is 0 Å². The van der Waals surface area contributed by atoms with Gasteiger partial charge in [0, 0.05) is 17.4 Å². The zero-order valence-corrected chi connectivity index (χ0v) is 13.3. The minimum Gasteiger partial charge on any atom is -0.310 e. The molecule has 0 bridgehead atoms. The summed E-state index contributed by atoms with van der Waals surface area (Å²) < 4.78 is 0. The van der Waals surface area contributed by atoms with Gasteiger partial charge in [-0.25, -0.2) is 0 Å². The molecule has 108 valence electrons. The lowest BCUT2D eigenvalue weighted by molar-refractivity contribution is 0.370. The molecule has 0 aliphatic carbocycles. The van der Waals surface area contributed by atoms with Crippen molar-refractivity contribution in [3.05, 3.63) is 29.1 Å². The van der Waals surface area contributed by atoms with Crippen LogP contribution in [0.15, 0.2) is 12.1 Å². The molecule has 1 aromatic heterocycles. The van der Waals surface area contributed by atoms with Gasteiger partial charge in [-0.15, -0.1) is 0 Å². The molecule has 1 atom stereocenters. The second kappa shape index (κ2) is 8.31. The van der Waals surface area contributed by atoms with Crippen LogP contribution in [0.1, 0.15) is 69.4 Å². The Hall–Kier alpha value is -0.890. The van der Waals surface area contributed by atoms with Crippen molar-refractivity contribution in [2.24, 2.45) is 5.92 Å². The lowest BCUT2D eigenvalue weighted by atomic mass is 9.90. The SMILES string of the molecule is CCCNC(CC(CC)CC)c1ccc(C)nc1C. The van der Waals surface area contributed by atoms with Gasteiger partial charge >= 0.3 is 0 Å². The van der Waals surface area contributed by atoms with Crippen molar-refractivity contribution in [1.29, 1.82) is 0 Å². The zero-order valence-electron chi connectivity index (χ0n) is 13.3. The zero-order chi connectivity index (χ0) is 14.3. The molecule has 0 radical (unpaired) electrons. The fraction of sp³-hybridized carbons (Fsp3) is 0.706. The molecule has 0 saturated carbocycles. The topological polar surface area (TPSA) is 24.9 Å². The quantitative estimate of drug-likeness (QED) is 0.742. The highest BCUT2D eigenvalue weighted by Crippen LogP contribution is 2.27. The van der Waals surface area contributed by atoms with Crippen molar-refractivity contribution in [3.63, 3.8) is 0 Å². The number of rotatable bonds is 8. The molecular formula is C17H30N2. The molecule has 0 fully saturated rings. The summed E-state index contributed by atoms with van der Waals surface area (Å²) >= 11 is 0. The third-order valence-electron chi connectivity index (χ3n) is 4.01. The molecule has 19 heavy (non-hydrogen) atoms. The highest BCUT2D eigenvalue weighted by molar-refractivity contribution is 5.25. The molecule has 0 aliphatic heterocycles. The van der Waals surface area contributed by atoms with Gasteiger partial charge in [-0.05, 0) is 50.8 Å². The van der Waals surface area contributed by atoms with Gasteiger partial charge in [-0.2, -0.15) is 0 Å². The van der Waals surface area contributed by atoms with Crippen molar-refractivity contribution >= 4 is 0 Å². The minimum atomic E-state index is 0.456. The normalized spacial score (nSPS) is 12.9. The van der Waals surface area contributed by atoms with E-state index < -0.39 is 0 Å². The Bertz CT molecular complexity index is 370. The van der Waals surface area contributed by atoms with Crippen LogP contribution in [0.5, 0.6) is 0 Å². The van der Waals surface area contributed by atoms with Gasteiger partial charge in [0.25, 0.3) is 0 Å². The molecule has 2 nitrogen and oxygen atoms in total. The lowest BCUT2D eigenvalue weighted by Gasteiger charge is -2.24. The molecule has 1 aromatic rings. The Kier molecular flexibility index (Phi) is 7.07. The second-order valence-electron chi connectivity index (χ2n) is 5.55. The van der Waals surface area contributed by atoms with Gasteiger partial charge in [0.05, 0.1) is 0 Å². The average molecular weight is 262 g/mol. The van der Waals surface area contributed by atoms with E-state index in [0.717, 1.165) is 18.2 Å². The van der Waals surface area contributed by atoms with Crippen LogP contribution in [-0.2, 0) is 0 Å². The molecule has 0 saturated heterocycles. The molecular weight excluding hydrogens is 232 g/mol. The molecule has 2 heteroatoms. The van der Waals surface area contributed by atoms with Gasteiger partial charge in [0.1, 0.15) is 0 Å². The van der Waals surface area contributed by atoms with Crippen LogP contribution in [0.4, 0.5) is 0 Å². The first-order valence-corrected chi connectivity index (χ1v) is 7.79. The van der Waals surface area contributed by atoms with E-state index in [9.17, 15) is 0 Å². The number of nitrogens with one attached hydrogen (secondary N) is 1. The molecule has 1 unspecified atom stereocenters. The fourth-order valence-electron chi connectivity index (χ4n) is 2.66. The Labute approximate surface area is 119 Å². The number of aromatic nitrogens is 1. The Morgan fingerprint density at radius 2 is 1.79 bits per heavy atom.